The lowest BCUT2D eigenvalue weighted by Gasteiger charge is -2.34. The van der Waals surface area contributed by atoms with Crippen molar-refractivity contribution in [3.8, 4) is 5.75 Å². The lowest BCUT2D eigenvalue weighted by atomic mass is 10.0. The number of amides is 2. The van der Waals surface area contributed by atoms with Gasteiger partial charge in [0.25, 0.3) is 15.7 Å². The number of sulfonamides is 1. The van der Waals surface area contributed by atoms with Crippen molar-refractivity contribution in [3.05, 3.63) is 127 Å². The van der Waals surface area contributed by atoms with Gasteiger partial charge in [-0.3, -0.25) is 24.0 Å². The van der Waals surface area contributed by atoms with Crippen LogP contribution >= 0.6 is 34.8 Å². The van der Waals surface area contributed by atoms with Crippen LogP contribution in [0.5, 0.6) is 5.75 Å². The van der Waals surface area contributed by atoms with E-state index in [2.05, 4.69) is 5.32 Å². The highest BCUT2D eigenvalue weighted by Crippen LogP contribution is 2.36. The lowest BCUT2D eigenvalue weighted by Crippen LogP contribution is -2.54. The summed E-state index contributed by atoms with van der Waals surface area (Å²) in [6.07, 6.45) is 0.710. The van der Waals surface area contributed by atoms with Crippen LogP contribution in [0.2, 0.25) is 15.1 Å². The third-order valence-corrected chi connectivity index (χ3v) is 11.0. The van der Waals surface area contributed by atoms with Crippen molar-refractivity contribution in [1.29, 1.82) is 0 Å². The number of carbonyl (C=O) groups is 2. The molecule has 0 saturated heterocycles. The zero-order valence-electron chi connectivity index (χ0n) is 28.3. The summed E-state index contributed by atoms with van der Waals surface area (Å²) in [5.74, 6) is -1.16. The quantitative estimate of drug-likeness (QED) is 0.0969. The minimum Gasteiger partial charge on any atom is -0.495 e. The number of carbonyl (C=O) groups excluding carboxylic acids is 2. The molecule has 2 amide bonds. The topological polar surface area (TPSA) is 139 Å². The van der Waals surface area contributed by atoms with Crippen molar-refractivity contribution < 1.29 is 27.7 Å². The zero-order valence-corrected chi connectivity index (χ0v) is 31.4. The number of ether oxygens (including phenoxy) is 1. The molecule has 0 heterocycles. The Labute approximate surface area is 312 Å². The largest absolute Gasteiger partial charge is 0.495 e. The van der Waals surface area contributed by atoms with E-state index in [9.17, 15) is 28.1 Å². The fourth-order valence-electron chi connectivity index (χ4n) is 5.27. The Bertz CT molecular complexity index is 2020. The molecule has 270 valence electrons. The molecule has 4 aromatic carbocycles. The monoisotopic (exact) mass is 774 g/mol. The van der Waals surface area contributed by atoms with Crippen LogP contribution in [0.3, 0.4) is 0 Å². The summed E-state index contributed by atoms with van der Waals surface area (Å²) < 4.78 is 35.3. The number of hydrogen-bond donors (Lipinski definition) is 1. The summed E-state index contributed by atoms with van der Waals surface area (Å²) in [4.78, 5) is 40.8. The molecule has 0 fully saturated rings. The van der Waals surface area contributed by atoms with Gasteiger partial charge in [-0.15, -0.1) is 0 Å². The number of nitrogens with one attached hydrogen (secondary N) is 1. The van der Waals surface area contributed by atoms with Crippen LogP contribution in [0, 0.1) is 17.0 Å². The molecule has 0 saturated carbocycles. The maximum absolute atomic E-state index is 14.8. The number of benzene rings is 4. The molecule has 1 N–H and O–H groups in total. The number of nitro benzene ring substituents is 1. The van der Waals surface area contributed by atoms with Crippen molar-refractivity contribution in [2.24, 2.45) is 0 Å². The van der Waals surface area contributed by atoms with Crippen molar-refractivity contribution in [1.82, 2.24) is 10.2 Å². The number of aryl methyl sites for hydroxylation is 1. The summed E-state index contributed by atoms with van der Waals surface area (Å²) in [6, 6.07) is 20.2. The van der Waals surface area contributed by atoms with Gasteiger partial charge in [-0.1, -0.05) is 84.2 Å². The normalized spacial score (nSPS) is 12.5. The van der Waals surface area contributed by atoms with Gasteiger partial charge in [-0.25, -0.2) is 8.42 Å². The van der Waals surface area contributed by atoms with E-state index in [0.29, 0.717) is 12.0 Å². The minimum atomic E-state index is -4.71. The van der Waals surface area contributed by atoms with Gasteiger partial charge in [0.15, 0.2) is 0 Å². The Morgan fingerprint density at radius 3 is 2.27 bits per heavy atom. The van der Waals surface area contributed by atoms with Crippen LogP contribution in [0.1, 0.15) is 37.0 Å². The van der Waals surface area contributed by atoms with Gasteiger partial charge in [0, 0.05) is 35.7 Å². The first-order chi connectivity index (χ1) is 24.2. The molecule has 4 aromatic rings. The number of halogens is 3. The molecular formula is C36H37Cl3N4O7S. The SMILES string of the molecule is CC[C@@H](C)NC(=O)[C@H](Cc1ccccc1)N(Cc1ccc(Cl)c(Cl)c1)C(=O)CN(c1cc(Cl)ccc1OC)S(=O)(=O)c1ccc(C)c([N+](=O)[O-])c1. The third kappa shape index (κ3) is 9.70. The third-order valence-electron chi connectivity index (χ3n) is 8.26. The van der Waals surface area contributed by atoms with E-state index in [4.69, 9.17) is 39.5 Å². The smallest absolute Gasteiger partial charge is 0.273 e. The number of nitro groups is 1. The molecule has 51 heavy (non-hydrogen) atoms. The van der Waals surface area contributed by atoms with Crippen molar-refractivity contribution in [3.63, 3.8) is 0 Å². The fourth-order valence-corrected chi connectivity index (χ4v) is 7.20. The summed E-state index contributed by atoms with van der Waals surface area (Å²) in [6.45, 7) is 4.23. The lowest BCUT2D eigenvalue weighted by molar-refractivity contribution is -0.385. The molecule has 0 bridgehead atoms. The van der Waals surface area contributed by atoms with E-state index in [-0.39, 0.29) is 51.1 Å². The molecule has 0 spiro atoms. The molecule has 4 rings (SSSR count). The number of methoxy groups -OCH3 is 1. The average molecular weight is 776 g/mol. The summed E-state index contributed by atoms with van der Waals surface area (Å²) >= 11 is 18.9. The van der Waals surface area contributed by atoms with Crippen LogP contribution in [0.25, 0.3) is 0 Å². The number of hydrogen-bond acceptors (Lipinski definition) is 7. The van der Waals surface area contributed by atoms with Gasteiger partial charge in [-0.2, -0.15) is 0 Å². The zero-order chi connectivity index (χ0) is 37.5. The Morgan fingerprint density at radius 2 is 1.65 bits per heavy atom. The van der Waals surface area contributed by atoms with Crippen LogP contribution in [0.4, 0.5) is 11.4 Å². The number of anilines is 1. The molecule has 0 unspecified atom stereocenters. The van der Waals surface area contributed by atoms with E-state index in [0.717, 1.165) is 15.9 Å². The second-order valence-electron chi connectivity index (χ2n) is 11.8. The molecule has 0 aliphatic rings. The van der Waals surface area contributed by atoms with Gasteiger partial charge in [0.05, 0.1) is 32.7 Å². The highest BCUT2D eigenvalue weighted by atomic mass is 35.5. The Balaban J connectivity index is 1.91. The van der Waals surface area contributed by atoms with E-state index >= 15 is 0 Å². The molecule has 11 nitrogen and oxygen atoms in total. The molecule has 0 aliphatic carbocycles. The predicted octanol–water partition coefficient (Wildman–Crippen LogP) is 7.62. The Kier molecular flexibility index (Phi) is 13.3. The summed E-state index contributed by atoms with van der Waals surface area (Å²) in [7, 11) is -3.39. The molecule has 2 atom stereocenters. The van der Waals surface area contributed by atoms with E-state index in [1.165, 1.54) is 49.3 Å². The standard InChI is InChI=1S/C36H37Cl3N4O7S/c1-5-24(3)40-36(45)33(18-25-9-7-6-8-10-25)41(21-26-12-15-29(38)30(39)17-26)35(44)22-42(32-19-27(37)13-16-34(32)50-4)51(48,49)28-14-11-23(2)31(20-28)43(46)47/h6-17,19-20,24,33H,5,18,21-22H2,1-4H3,(H,40,45)/t24-,33+/m1/s1. The molecule has 0 aromatic heterocycles. The Hall–Kier alpha value is -4.36. The summed E-state index contributed by atoms with van der Waals surface area (Å²) in [5.41, 5.74) is 0.995. The van der Waals surface area contributed by atoms with Gasteiger partial charge < -0.3 is 15.0 Å². The highest BCUT2D eigenvalue weighted by molar-refractivity contribution is 7.92. The molecule has 15 heteroatoms. The molecule has 0 radical (unpaired) electrons. The molecular weight excluding hydrogens is 739 g/mol. The Morgan fingerprint density at radius 1 is 0.941 bits per heavy atom. The van der Waals surface area contributed by atoms with E-state index in [1.807, 2.05) is 44.2 Å². The van der Waals surface area contributed by atoms with Crippen LogP contribution < -0.4 is 14.4 Å². The number of nitrogens with zero attached hydrogens (tertiary/aromatic N) is 3. The van der Waals surface area contributed by atoms with E-state index < -0.39 is 49.9 Å². The first-order valence-corrected chi connectivity index (χ1v) is 18.4. The van der Waals surface area contributed by atoms with Crippen LogP contribution in [-0.2, 0) is 32.6 Å². The number of rotatable bonds is 15. The fraction of sp³-hybridized carbons (Fsp3) is 0.278. The summed E-state index contributed by atoms with van der Waals surface area (Å²) in [5, 5.41) is 15.4. The van der Waals surface area contributed by atoms with Crippen LogP contribution in [0.15, 0.2) is 89.8 Å². The average Bonchev–Trinajstić information content (AvgIpc) is 3.10. The maximum atomic E-state index is 14.8. The first kappa shape index (κ1) is 39.4. The highest BCUT2D eigenvalue weighted by Gasteiger charge is 2.36. The van der Waals surface area contributed by atoms with Gasteiger partial charge in [-0.05, 0) is 67.8 Å². The molecule has 0 aliphatic heterocycles. The minimum absolute atomic E-state index is 0.0590. The van der Waals surface area contributed by atoms with Crippen molar-refractivity contribution in [2.75, 3.05) is 18.0 Å². The van der Waals surface area contributed by atoms with Gasteiger partial charge >= 0.3 is 0 Å². The first-order valence-electron chi connectivity index (χ1n) is 15.8. The second kappa shape index (κ2) is 17.2. The van der Waals surface area contributed by atoms with Crippen molar-refractivity contribution >= 4 is 68.0 Å². The van der Waals surface area contributed by atoms with Gasteiger partial charge in [0.2, 0.25) is 11.8 Å². The van der Waals surface area contributed by atoms with Crippen LogP contribution in [-0.4, -0.2) is 55.8 Å². The second-order valence-corrected chi connectivity index (χ2v) is 14.9. The van der Waals surface area contributed by atoms with Gasteiger partial charge in [0.1, 0.15) is 18.3 Å². The van der Waals surface area contributed by atoms with Crippen molar-refractivity contribution in [2.45, 2.75) is 57.1 Å². The maximum Gasteiger partial charge on any atom is 0.273 e. The van der Waals surface area contributed by atoms with E-state index in [1.54, 1.807) is 18.2 Å². The predicted molar refractivity (Wildman–Crippen MR) is 199 cm³/mol.